The maximum absolute atomic E-state index is 9.05. The molecule has 4 heteroatoms. The SMILES string of the molecule is Cc1ccc(Nc2ncccc2C#N)cc1N(C)C. The van der Waals surface area contributed by atoms with E-state index in [0.717, 1.165) is 11.4 Å². The van der Waals surface area contributed by atoms with Gasteiger partial charge in [-0.15, -0.1) is 0 Å². The van der Waals surface area contributed by atoms with Crippen molar-refractivity contribution in [3.63, 3.8) is 0 Å². The second-order valence-corrected chi connectivity index (χ2v) is 4.53. The highest BCUT2D eigenvalue weighted by molar-refractivity contribution is 5.68. The second-order valence-electron chi connectivity index (χ2n) is 4.53. The topological polar surface area (TPSA) is 52.0 Å². The number of rotatable bonds is 3. The van der Waals surface area contributed by atoms with Crippen molar-refractivity contribution in [2.75, 3.05) is 24.3 Å². The van der Waals surface area contributed by atoms with E-state index in [1.54, 1.807) is 18.3 Å². The smallest absolute Gasteiger partial charge is 0.148 e. The lowest BCUT2D eigenvalue weighted by Gasteiger charge is -2.17. The lowest BCUT2D eigenvalue weighted by atomic mass is 10.1. The largest absolute Gasteiger partial charge is 0.377 e. The third kappa shape index (κ3) is 2.83. The van der Waals surface area contributed by atoms with E-state index in [0.29, 0.717) is 11.4 Å². The van der Waals surface area contributed by atoms with Crippen LogP contribution < -0.4 is 10.2 Å². The number of nitrogens with zero attached hydrogens (tertiary/aromatic N) is 3. The monoisotopic (exact) mass is 252 g/mol. The number of nitriles is 1. The average Bonchev–Trinajstić information content (AvgIpc) is 2.41. The molecule has 0 radical (unpaired) electrons. The number of pyridine rings is 1. The van der Waals surface area contributed by atoms with Gasteiger partial charge in [0.05, 0.1) is 5.56 Å². The predicted octanol–water partition coefficient (Wildman–Crippen LogP) is 3.07. The van der Waals surface area contributed by atoms with Crippen LogP contribution in [0.5, 0.6) is 0 Å². The van der Waals surface area contributed by atoms with Gasteiger partial charge in [-0.1, -0.05) is 6.07 Å². The van der Waals surface area contributed by atoms with Crippen molar-refractivity contribution in [1.82, 2.24) is 4.98 Å². The van der Waals surface area contributed by atoms with Gasteiger partial charge in [0.2, 0.25) is 0 Å². The van der Waals surface area contributed by atoms with Gasteiger partial charge in [0.25, 0.3) is 0 Å². The van der Waals surface area contributed by atoms with Crippen molar-refractivity contribution in [1.29, 1.82) is 5.26 Å². The van der Waals surface area contributed by atoms with Gasteiger partial charge >= 0.3 is 0 Å². The van der Waals surface area contributed by atoms with Crippen LogP contribution in [0, 0.1) is 18.3 Å². The highest BCUT2D eigenvalue weighted by Gasteiger charge is 2.06. The van der Waals surface area contributed by atoms with Crippen molar-refractivity contribution in [2.45, 2.75) is 6.92 Å². The summed E-state index contributed by atoms with van der Waals surface area (Å²) in [5.74, 6) is 0.582. The first kappa shape index (κ1) is 12.9. The number of aryl methyl sites for hydroxylation is 1. The summed E-state index contributed by atoms with van der Waals surface area (Å²) in [6, 6.07) is 11.7. The van der Waals surface area contributed by atoms with Crippen LogP contribution in [0.25, 0.3) is 0 Å². The van der Waals surface area contributed by atoms with Crippen LogP contribution in [0.2, 0.25) is 0 Å². The Balaban J connectivity index is 2.34. The summed E-state index contributed by atoms with van der Waals surface area (Å²) in [7, 11) is 4.02. The fourth-order valence-electron chi connectivity index (χ4n) is 1.90. The van der Waals surface area contributed by atoms with Crippen LogP contribution in [0.15, 0.2) is 36.5 Å². The number of benzene rings is 1. The molecule has 1 aromatic carbocycles. The molecule has 0 amide bonds. The Morgan fingerprint density at radius 1 is 1.26 bits per heavy atom. The molecule has 0 atom stereocenters. The molecule has 0 aliphatic heterocycles. The molecule has 2 aromatic rings. The van der Waals surface area contributed by atoms with E-state index >= 15 is 0 Å². The summed E-state index contributed by atoms with van der Waals surface area (Å²) in [6.45, 7) is 2.07. The number of hydrogen-bond donors (Lipinski definition) is 1. The molecule has 0 unspecified atom stereocenters. The summed E-state index contributed by atoms with van der Waals surface area (Å²) in [6.07, 6.45) is 1.67. The number of aromatic nitrogens is 1. The molecule has 1 N–H and O–H groups in total. The first-order valence-corrected chi connectivity index (χ1v) is 6.02. The van der Waals surface area contributed by atoms with E-state index in [1.165, 1.54) is 5.56 Å². The van der Waals surface area contributed by atoms with Crippen molar-refractivity contribution in [3.05, 3.63) is 47.7 Å². The van der Waals surface area contributed by atoms with E-state index in [9.17, 15) is 0 Å². The Morgan fingerprint density at radius 3 is 2.74 bits per heavy atom. The molecule has 0 saturated heterocycles. The predicted molar refractivity (Wildman–Crippen MR) is 77.7 cm³/mol. The van der Waals surface area contributed by atoms with E-state index in [-0.39, 0.29) is 0 Å². The summed E-state index contributed by atoms with van der Waals surface area (Å²) < 4.78 is 0. The van der Waals surface area contributed by atoms with Gasteiger partial charge in [-0.05, 0) is 36.8 Å². The van der Waals surface area contributed by atoms with Crippen LogP contribution in [0.3, 0.4) is 0 Å². The lowest BCUT2D eigenvalue weighted by Crippen LogP contribution is -2.10. The Labute approximate surface area is 113 Å². The van der Waals surface area contributed by atoms with Crippen LogP contribution in [0.1, 0.15) is 11.1 Å². The third-order valence-electron chi connectivity index (χ3n) is 2.88. The maximum atomic E-state index is 9.05. The number of nitrogens with one attached hydrogen (secondary N) is 1. The minimum absolute atomic E-state index is 0.537. The van der Waals surface area contributed by atoms with E-state index < -0.39 is 0 Å². The molecular weight excluding hydrogens is 236 g/mol. The van der Waals surface area contributed by atoms with Crippen molar-refractivity contribution < 1.29 is 0 Å². The van der Waals surface area contributed by atoms with Gasteiger partial charge in [0, 0.05) is 31.7 Å². The van der Waals surface area contributed by atoms with Gasteiger partial charge in [0.1, 0.15) is 11.9 Å². The first-order chi connectivity index (χ1) is 9.11. The molecule has 0 fully saturated rings. The zero-order valence-corrected chi connectivity index (χ0v) is 11.3. The van der Waals surface area contributed by atoms with E-state index in [1.807, 2.05) is 32.3 Å². The van der Waals surface area contributed by atoms with Crippen molar-refractivity contribution >= 4 is 17.2 Å². The maximum Gasteiger partial charge on any atom is 0.148 e. The Kier molecular flexibility index (Phi) is 3.67. The molecular formula is C15H16N4. The van der Waals surface area contributed by atoms with Gasteiger partial charge < -0.3 is 10.2 Å². The van der Waals surface area contributed by atoms with Crippen LogP contribution >= 0.6 is 0 Å². The third-order valence-corrected chi connectivity index (χ3v) is 2.88. The molecule has 1 aromatic heterocycles. The molecule has 0 aliphatic rings. The molecule has 4 nitrogen and oxygen atoms in total. The van der Waals surface area contributed by atoms with E-state index in [2.05, 4.69) is 28.2 Å². The molecule has 1 heterocycles. The number of anilines is 3. The summed E-state index contributed by atoms with van der Waals surface area (Å²) in [4.78, 5) is 6.25. The highest BCUT2D eigenvalue weighted by Crippen LogP contribution is 2.25. The van der Waals surface area contributed by atoms with Crippen LogP contribution in [0.4, 0.5) is 17.2 Å². The zero-order chi connectivity index (χ0) is 13.8. The summed E-state index contributed by atoms with van der Waals surface area (Å²) in [5, 5.41) is 12.2. The molecule has 96 valence electrons. The van der Waals surface area contributed by atoms with Crippen LogP contribution in [-0.2, 0) is 0 Å². The first-order valence-electron chi connectivity index (χ1n) is 6.02. The number of hydrogen-bond acceptors (Lipinski definition) is 4. The molecule has 2 rings (SSSR count). The van der Waals surface area contributed by atoms with Gasteiger partial charge in [-0.3, -0.25) is 0 Å². The minimum Gasteiger partial charge on any atom is -0.377 e. The van der Waals surface area contributed by atoms with Crippen molar-refractivity contribution in [3.8, 4) is 6.07 Å². The van der Waals surface area contributed by atoms with Gasteiger partial charge in [-0.2, -0.15) is 5.26 Å². The minimum atomic E-state index is 0.537. The molecule has 0 aliphatic carbocycles. The fourth-order valence-corrected chi connectivity index (χ4v) is 1.90. The zero-order valence-electron chi connectivity index (χ0n) is 11.3. The highest BCUT2D eigenvalue weighted by atomic mass is 15.1. The standard InChI is InChI=1S/C15H16N4/c1-11-6-7-13(9-14(11)19(2)3)18-15-12(10-16)5-4-8-17-15/h4-9H,1-3H3,(H,17,18). The molecule has 19 heavy (non-hydrogen) atoms. The van der Waals surface area contributed by atoms with Gasteiger partial charge in [0.15, 0.2) is 0 Å². The molecule has 0 spiro atoms. The molecule has 0 bridgehead atoms. The van der Waals surface area contributed by atoms with Crippen molar-refractivity contribution in [2.24, 2.45) is 0 Å². The normalized spacial score (nSPS) is 9.79. The second kappa shape index (κ2) is 5.40. The Morgan fingerprint density at radius 2 is 2.05 bits per heavy atom. The molecule has 0 saturated carbocycles. The van der Waals surface area contributed by atoms with Gasteiger partial charge in [-0.25, -0.2) is 4.98 Å². The average molecular weight is 252 g/mol. The lowest BCUT2D eigenvalue weighted by molar-refractivity contribution is 1.11. The summed E-state index contributed by atoms with van der Waals surface area (Å²) >= 11 is 0. The fraction of sp³-hybridized carbons (Fsp3) is 0.200. The summed E-state index contributed by atoms with van der Waals surface area (Å²) in [5.41, 5.74) is 3.80. The quantitative estimate of drug-likeness (QED) is 0.912. The van der Waals surface area contributed by atoms with E-state index in [4.69, 9.17) is 5.26 Å². The Hall–Kier alpha value is -2.54. The Bertz CT molecular complexity index is 626. The van der Waals surface area contributed by atoms with Crippen LogP contribution in [-0.4, -0.2) is 19.1 Å².